The van der Waals surface area contributed by atoms with Crippen molar-refractivity contribution >= 4 is 70.9 Å². The molecule has 0 aliphatic carbocycles. The molecule has 0 N–H and O–H groups in total. The van der Waals surface area contributed by atoms with Crippen LogP contribution in [0.2, 0.25) is 0 Å². The van der Waals surface area contributed by atoms with Crippen molar-refractivity contribution in [2.24, 2.45) is 0 Å². The minimum Gasteiger partial charge on any atom is -0.157 e. The maximum atomic E-state index is 6.08. The Labute approximate surface area is 119 Å². The van der Waals surface area contributed by atoms with Crippen LogP contribution < -0.4 is 0 Å². The lowest BCUT2D eigenvalue weighted by Gasteiger charge is -2.23. The highest BCUT2D eigenvalue weighted by atomic mass is 35.7. The number of hydrogen-bond acceptors (Lipinski definition) is 1. The van der Waals surface area contributed by atoms with E-state index in [0.717, 1.165) is 25.7 Å². The molecule has 7 heteroatoms. The molecule has 0 amide bonds. The van der Waals surface area contributed by atoms with Crippen LogP contribution in [-0.2, 0) is 0 Å². The molecule has 0 aromatic rings. The fourth-order valence-electron chi connectivity index (χ4n) is 1.30. The van der Waals surface area contributed by atoms with Gasteiger partial charge in [-0.3, -0.25) is 0 Å². The van der Waals surface area contributed by atoms with Crippen LogP contribution in [0.15, 0.2) is 0 Å². The monoisotopic (exact) mass is 342 g/mol. The molecule has 0 spiro atoms. The molecule has 92 valence electrons. The molecule has 0 aliphatic heterocycles. The first kappa shape index (κ1) is 16.9. The minimum atomic E-state index is -1.61. The summed E-state index contributed by atoms with van der Waals surface area (Å²) in [7, 11) is -3.23. The molecule has 2 atom stereocenters. The predicted molar refractivity (Wildman–Crippen MR) is 82.7 cm³/mol. The van der Waals surface area contributed by atoms with E-state index in [1.807, 2.05) is 11.8 Å². The van der Waals surface area contributed by atoms with Crippen molar-refractivity contribution in [2.45, 2.75) is 49.3 Å². The Morgan fingerprint density at radius 3 is 1.40 bits per heavy atom. The zero-order chi connectivity index (χ0) is 11.8. The second kappa shape index (κ2) is 9.92. The van der Waals surface area contributed by atoms with Gasteiger partial charge in [0.15, 0.2) is 0 Å². The van der Waals surface area contributed by atoms with E-state index >= 15 is 0 Å². The third-order valence-corrected chi connectivity index (χ3v) is 13.0. The molecule has 0 rings (SSSR count). The molecule has 15 heavy (non-hydrogen) atoms. The molecular weight excluding hydrogens is 326 g/mol. The zero-order valence-corrected chi connectivity index (χ0v) is 15.2. The second-order valence-electron chi connectivity index (χ2n) is 3.46. The van der Waals surface area contributed by atoms with Crippen LogP contribution in [0.1, 0.15) is 39.5 Å². The van der Waals surface area contributed by atoms with Crippen LogP contribution in [0.4, 0.5) is 0 Å². The molecule has 2 unspecified atom stereocenters. The van der Waals surface area contributed by atoms with Crippen LogP contribution in [0.3, 0.4) is 0 Å². The first-order valence-corrected chi connectivity index (χ1v) is 14.5. The Bertz CT molecular complexity index is 144. The molecule has 0 aromatic carbocycles. The molecule has 0 heterocycles. The maximum Gasteiger partial charge on any atom is 0.249 e. The molecule has 0 aromatic heterocycles. The summed E-state index contributed by atoms with van der Waals surface area (Å²) in [5.74, 6) is 0. The SMILES string of the molecule is CCCC(SC(CCC)[SiH](Cl)Cl)[SiH](Cl)Cl. The van der Waals surface area contributed by atoms with E-state index in [-0.39, 0.29) is 0 Å². The molecule has 0 bridgehead atoms. The number of halogens is 4. The Morgan fingerprint density at radius 2 is 1.20 bits per heavy atom. The van der Waals surface area contributed by atoms with Crippen LogP contribution in [0.25, 0.3) is 0 Å². The lowest BCUT2D eigenvalue weighted by molar-refractivity contribution is 0.838. The van der Waals surface area contributed by atoms with Gasteiger partial charge in [0.05, 0.1) is 0 Å². The van der Waals surface area contributed by atoms with E-state index in [0.29, 0.717) is 9.75 Å². The van der Waals surface area contributed by atoms with E-state index in [4.69, 9.17) is 44.3 Å². The molecule has 0 saturated carbocycles. The van der Waals surface area contributed by atoms with Crippen molar-refractivity contribution in [2.75, 3.05) is 0 Å². The van der Waals surface area contributed by atoms with Gasteiger partial charge in [-0.15, -0.1) is 44.3 Å². The minimum absolute atomic E-state index is 0.405. The summed E-state index contributed by atoms with van der Waals surface area (Å²) in [6.07, 6.45) is 4.42. The third-order valence-electron chi connectivity index (χ3n) is 2.06. The average Bonchev–Trinajstić information content (AvgIpc) is 2.15. The standard InChI is InChI=1S/C8H18Cl4SSi2/c1-3-5-7(14(9)10)13-8(6-4-2)15(11)12/h7-8,14-15H,3-6H2,1-2H3. The van der Waals surface area contributed by atoms with E-state index in [1.165, 1.54) is 0 Å². The lowest BCUT2D eigenvalue weighted by Crippen LogP contribution is -2.26. The predicted octanol–water partition coefficient (Wildman–Crippen LogP) is 4.53. The quantitative estimate of drug-likeness (QED) is 0.460. The summed E-state index contributed by atoms with van der Waals surface area (Å²) in [6.45, 7) is 4.31. The van der Waals surface area contributed by atoms with Gasteiger partial charge in [0.25, 0.3) is 0 Å². The molecule has 0 aliphatic rings. The Morgan fingerprint density at radius 1 is 0.867 bits per heavy atom. The van der Waals surface area contributed by atoms with Crippen molar-refractivity contribution in [1.29, 1.82) is 0 Å². The number of thioether (sulfide) groups is 1. The van der Waals surface area contributed by atoms with Crippen molar-refractivity contribution in [3.63, 3.8) is 0 Å². The summed E-state index contributed by atoms with van der Waals surface area (Å²) in [5, 5.41) is 0. The summed E-state index contributed by atoms with van der Waals surface area (Å²) < 4.78 is 0. The highest BCUT2D eigenvalue weighted by Gasteiger charge is 2.27. The van der Waals surface area contributed by atoms with Gasteiger partial charge in [0.2, 0.25) is 14.8 Å². The van der Waals surface area contributed by atoms with Crippen LogP contribution in [-0.4, -0.2) is 24.6 Å². The maximum absolute atomic E-state index is 6.08. The lowest BCUT2D eigenvalue weighted by atomic mass is 10.4. The van der Waals surface area contributed by atoms with Gasteiger partial charge in [-0.25, -0.2) is 0 Å². The van der Waals surface area contributed by atoms with Crippen molar-refractivity contribution < 1.29 is 0 Å². The Kier molecular flexibility index (Phi) is 11.2. The fraction of sp³-hybridized carbons (Fsp3) is 1.00. The number of hydrogen-bond donors (Lipinski definition) is 0. The van der Waals surface area contributed by atoms with Crippen molar-refractivity contribution in [3.8, 4) is 0 Å². The van der Waals surface area contributed by atoms with Crippen LogP contribution in [0.5, 0.6) is 0 Å². The third kappa shape index (κ3) is 7.79. The second-order valence-corrected chi connectivity index (χ2v) is 15.8. The normalized spacial score (nSPS) is 16.0. The van der Waals surface area contributed by atoms with Gasteiger partial charge < -0.3 is 0 Å². The van der Waals surface area contributed by atoms with E-state index in [2.05, 4.69) is 13.8 Å². The highest BCUT2D eigenvalue weighted by Crippen LogP contribution is 2.32. The van der Waals surface area contributed by atoms with Gasteiger partial charge in [-0.05, 0) is 12.8 Å². The van der Waals surface area contributed by atoms with E-state index in [9.17, 15) is 0 Å². The summed E-state index contributed by atoms with van der Waals surface area (Å²) in [6, 6.07) is 0. The topological polar surface area (TPSA) is 0 Å². The Balaban J connectivity index is 4.19. The highest BCUT2D eigenvalue weighted by molar-refractivity contribution is 8.05. The molecular formula is C8H18Cl4SSi2. The van der Waals surface area contributed by atoms with Gasteiger partial charge in [0.1, 0.15) is 0 Å². The molecule has 0 nitrogen and oxygen atoms in total. The van der Waals surface area contributed by atoms with Crippen molar-refractivity contribution in [1.82, 2.24) is 0 Å². The first-order valence-electron chi connectivity index (χ1n) is 5.24. The van der Waals surface area contributed by atoms with Crippen LogP contribution in [0, 0.1) is 0 Å². The van der Waals surface area contributed by atoms with Crippen molar-refractivity contribution in [3.05, 3.63) is 0 Å². The molecule has 0 radical (unpaired) electrons. The Hall–Kier alpha value is 1.94. The zero-order valence-electron chi connectivity index (χ0n) is 9.06. The van der Waals surface area contributed by atoms with Crippen LogP contribution >= 0.6 is 56.1 Å². The fourth-order valence-corrected chi connectivity index (χ4v) is 10.0. The van der Waals surface area contributed by atoms with Gasteiger partial charge in [-0.2, -0.15) is 11.8 Å². The summed E-state index contributed by atoms with van der Waals surface area (Å²) in [4.78, 5) is 0.810. The van der Waals surface area contributed by atoms with Gasteiger partial charge >= 0.3 is 0 Å². The first-order chi connectivity index (χ1) is 7.02. The smallest absolute Gasteiger partial charge is 0.157 e. The van der Waals surface area contributed by atoms with Gasteiger partial charge in [-0.1, -0.05) is 26.7 Å². The van der Waals surface area contributed by atoms with Gasteiger partial charge in [0, 0.05) is 9.75 Å². The average molecular weight is 344 g/mol. The molecule has 0 fully saturated rings. The molecule has 0 saturated heterocycles. The van der Waals surface area contributed by atoms with E-state index < -0.39 is 14.8 Å². The summed E-state index contributed by atoms with van der Waals surface area (Å²) in [5.41, 5.74) is 0. The largest absolute Gasteiger partial charge is 0.249 e. The number of rotatable bonds is 8. The summed E-state index contributed by atoms with van der Waals surface area (Å²) >= 11 is 26.2. The van der Waals surface area contributed by atoms with E-state index in [1.54, 1.807) is 0 Å².